The first-order valence-electron chi connectivity index (χ1n) is 4.93. The minimum Gasteiger partial charge on any atom is -0.298 e. The fourth-order valence-corrected chi connectivity index (χ4v) is 7.93. The van der Waals surface area contributed by atoms with Crippen LogP contribution in [-0.2, 0) is 4.79 Å². The molecule has 0 spiro atoms. The van der Waals surface area contributed by atoms with Crippen molar-refractivity contribution in [3.05, 3.63) is 0 Å². The molecule has 0 heterocycles. The molecule has 1 saturated carbocycles. The molecule has 0 N–H and O–H groups in total. The van der Waals surface area contributed by atoms with Gasteiger partial charge in [-0.05, 0) is 9.83 Å². The molecule has 0 unspecified atom stereocenters. The minimum atomic E-state index is -0.482. The third-order valence-electron chi connectivity index (χ3n) is 3.06. The lowest BCUT2D eigenvalue weighted by molar-refractivity contribution is -0.153. The summed E-state index contributed by atoms with van der Waals surface area (Å²) in [5.41, 5.74) is -0.853. The Labute approximate surface area is 109 Å². The van der Waals surface area contributed by atoms with Crippen LogP contribution in [0.4, 0.5) is 0 Å². The Kier molecular flexibility index (Phi) is 4.09. The molecular weight excluding hydrogens is 268 g/mol. The zero-order valence-corrected chi connectivity index (χ0v) is 12.9. The average Bonchev–Trinajstić information content (AvgIpc) is 2.15. The maximum Gasteiger partial charge on any atom is 0.149 e. The molecule has 15 heavy (non-hydrogen) atoms. The van der Waals surface area contributed by atoms with Crippen LogP contribution in [0.2, 0.25) is 0 Å². The van der Waals surface area contributed by atoms with E-state index in [0.29, 0.717) is 0 Å². The van der Waals surface area contributed by atoms with Crippen LogP contribution < -0.4 is 0 Å². The first kappa shape index (κ1) is 14.1. The van der Waals surface area contributed by atoms with Crippen LogP contribution in [0, 0.1) is 10.8 Å². The molecule has 0 saturated heterocycles. The third-order valence-corrected chi connectivity index (χ3v) is 9.59. The summed E-state index contributed by atoms with van der Waals surface area (Å²) in [5.74, 6) is 1.32. The van der Waals surface area contributed by atoms with Crippen LogP contribution in [0.25, 0.3) is 0 Å². The van der Waals surface area contributed by atoms with Gasteiger partial charge in [0.05, 0.1) is 10.8 Å². The van der Waals surface area contributed by atoms with Gasteiger partial charge in [0.1, 0.15) is 9.99 Å². The quantitative estimate of drug-likeness (QED) is 0.426. The van der Waals surface area contributed by atoms with E-state index in [4.69, 9.17) is 11.6 Å². The Bertz CT molecular complexity index is 258. The van der Waals surface area contributed by atoms with Crippen LogP contribution in [0.5, 0.6) is 0 Å². The second-order valence-corrected chi connectivity index (χ2v) is 10.1. The van der Waals surface area contributed by atoms with E-state index in [-0.39, 0.29) is 5.78 Å². The lowest BCUT2D eigenvalue weighted by Gasteiger charge is -2.60. The van der Waals surface area contributed by atoms with Gasteiger partial charge in [-0.2, -0.15) is 0 Å². The molecule has 1 fully saturated rings. The van der Waals surface area contributed by atoms with Crippen molar-refractivity contribution in [2.45, 2.75) is 38.8 Å². The fraction of sp³-hybridized carbons (Fsp3) is 0.900. The SMILES string of the molecule is CCSSSC1(Cl)C(C)(C)C(=O)C1(C)C. The molecule has 0 radical (unpaired) electrons. The van der Waals surface area contributed by atoms with Crippen molar-refractivity contribution in [1.82, 2.24) is 0 Å². The highest BCUT2D eigenvalue weighted by molar-refractivity contribution is 9.09. The van der Waals surface area contributed by atoms with Gasteiger partial charge >= 0.3 is 0 Å². The van der Waals surface area contributed by atoms with Crippen molar-refractivity contribution in [2.75, 3.05) is 5.75 Å². The summed E-state index contributed by atoms with van der Waals surface area (Å²) in [6.07, 6.45) is 0. The second-order valence-electron chi connectivity index (χ2n) is 4.73. The van der Waals surface area contributed by atoms with Crippen molar-refractivity contribution in [2.24, 2.45) is 10.8 Å². The number of rotatable bonds is 4. The fourth-order valence-electron chi connectivity index (χ4n) is 2.12. The summed E-state index contributed by atoms with van der Waals surface area (Å²) in [5, 5.41) is 0. The topological polar surface area (TPSA) is 17.1 Å². The van der Waals surface area contributed by atoms with Crippen LogP contribution in [0.1, 0.15) is 34.6 Å². The Hall–Kier alpha value is 1.01. The molecule has 0 bridgehead atoms. The molecule has 1 nitrogen and oxygen atoms in total. The van der Waals surface area contributed by atoms with Crippen molar-refractivity contribution in [3.8, 4) is 0 Å². The van der Waals surface area contributed by atoms with Gasteiger partial charge in [-0.1, -0.05) is 56.2 Å². The van der Waals surface area contributed by atoms with Gasteiger partial charge < -0.3 is 0 Å². The van der Waals surface area contributed by atoms with E-state index in [1.54, 1.807) is 31.4 Å². The molecule has 1 aliphatic carbocycles. The summed E-state index contributed by atoms with van der Waals surface area (Å²) in [6, 6.07) is 0. The Morgan fingerprint density at radius 1 is 1.20 bits per heavy atom. The molecular formula is C10H17ClOS3. The lowest BCUT2D eigenvalue weighted by atomic mass is 9.54. The normalized spacial score (nSPS) is 26.1. The van der Waals surface area contributed by atoms with Crippen LogP contribution in [-0.4, -0.2) is 15.7 Å². The maximum absolute atomic E-state index is 11.9. The third kappa shape index (κ3) is 1.85. The van der Waals surface area contributed by atoms with Gasteiger partial charge in [0.2, 0.25) is 0 Å². The molecule has 0 aromatic heterocycles. The van der Waals surface area contributed by atoms with Gasteiger partial charge in [0.15, 0.2) is 0 Å². The Balaban J connectivity index is 2.77. The van der Waals surface area contributed by atoms with Crippen molar-refractivity contribution < 1.29 is 4.79 Å². The molecule has 0 atom stereocenters. The van der Waals surface area contributed by atoms with E-state index < -0.39 is 15.0 Å². The lowest BCUT2D eigenvalue weighted by Crippen LogP contribution is -2.69. The summed E-state index contributed by atoms with van der Waals surface area (Å²) < 4.78 is -0.482. The highest BCUT2D eigenvalue weighted by atomic mass is 35.5. The number of hydrogen-bond acceptors (Lipinski definition) is 4. The van der Waals surface area contributed by atoms with Crippen LogP contribution in [0.15, 0.2) is 0 Å². The number of halogens is 1. The zero-order chi connectivity index (χ0) is 11.9. The van der Waals surface area contributed by atoms with E-state index in [1.807, 2.05) is 27.7 Å². The smallest absolute Gasteiger partial charge is 0.149 e. The molecule has 5 heteroatoms. The second kappa shape index (κ2) is 4.35. The zero-order valence-electron chi connectivity index (χ0n) is 9.72. The predicted molar refractivity (Wildman–Crippen MR) is 74.5 cm³/mol. The van der Waals surface area contributed by atoms with Crippen LogP contribution >= 0.6 is 43.0 Å². The number of alkyl halides is 1. The molecule has 0 aromatic carbocycles. The molecule has 88 valence electrons. The molecule has 0 amide bonds. The van der Waals surface area contributed by atoms with Crippen molar-refractivity contribution in [3.63, 3.8) is 0 Å². The average molecular weight is 285 g/mol. The van der Waals surface area contributed by atoms with Crippen molar-refractivity contribution >= 4 is 48.8 Å². The highest BCUT2D eigenvalue weighted by Crippen LogP contribution is 2.70. The first-order chi connectivity index (χ1) is 6.72. The number of Topliss-reactive ketones (excluding diaryl/α,β-unsaturated/α-hetero) is 1. The Morgan fingerprint density at radius 3 is 2.07 bits per heavy atom. The van der Waals surface area contributed by atoms with E-state index in [0.717, 1.165) is 5.75 Å². The van der Waals surface area contributed by atoms with Gasteiger partial charge in [-0.15, -0.1) is 11.6 Å². The number of hydrogen-bond donors (Lipinski definition) is 0. The maximum atomic E-state index is 11.9. The number of carbonyl (C=O) groups is 1. The molecule has 1 aliphatic rings. The van der Waals surface area contributed by atoms with Gasteiger partial charge in [0, 0.05) is 5.75 Å². The summed E-state index contributed by atoms with van der Waals surface area (Å²) in [4.78, 5) is 11.9. The predicted octanol–water partition coefficient (Wildman–Crippen LogP) is 4.61. The largest absolute Gasteiger partial charge is 0.298 e. The van der Waals surface area contributed by atoms with Gasteiger partial charge in [-0.3, -0.25) is 4.79 Å². The Morgan fingerprint density at radius 2 is 1.67 bits per heavy atom. The van der Waals surface area contributed by atoms with Gasteiger partial charge in [-0.25, -0.2) is 0 Å². The van der Waals surface area contributed by atoms with E-state index in [1.165, 1.54) is 0 Å². The van der Waals surface area contributed by atoms with Gasteiger partial charge in [0.25, 0.3) is 0 Å². The number of carbonyl (C=O) groups excluding carboxylic acids is 1. The molecule has 0 aliphatic heterocycles. The van der Waals surface area contributed by atoms with Crippen molar-refractivity contribution in [1.29, 1.82) is 0 Å². The standard InChI is InChI=1S/C10H17ClOS3/c1-6-13-15-14-10(11)8(2,3)7(12)9(10,4)5/h6H2,1-5H3. The first-order valence-corrected chi connectivity index (χ1v) is 8.96. The summed E-state index contributed by atoms with van der Waals surface area (Å²) >= 11 is 6.63. The molecule has 0 aromatic rings. The van der Waals surface area contributed by atoms with E-state index >= 15 is 0 Å². The minimum absolute atomic E-state index is 0.264. The van der Waals surface area contributed by atoms with Crippen LogP contribution in [0.3, 0.4) is 0 Å². The molecule has 1 rings (SSSR count). The summed E-state index contributed by atoms with van der Waals surface area (Å²) in [7, 11) is 5.09. The highest BCUT2D eigenvalue weighted by Gasteiger charge is 2.72. The van der Waals surface area contributed by atoms with E-state index in [9.17, 15) is 4.79 Å². The number of ketones is 1. The summed E-state index contributed by atoms with van der Waals surface area (Å²) in [6.45, 7) is 9.88. The monoisotopic (exact) mass is 284 g/mol. The van der Waals surface area contributed by atoms with E-state index in [2.05, 4.69) is 6.92 Å².